The molecule has 1 saturated heterocycles. The first-order valence-corrected chi connectivity index (χ1v) is 17.4. The third-order valence-electron chi connectivity index (χ3n) is 8.93. The number of carbonyl (C=O) groups excluding carboxylic acids is 5. The maximum atomic E-state index is 12.4. The van der Waals surface area contributed by atoms with Gasteiger partial charge in [0.25, 0.3) is 0 Å². The molecule has 12 heteroatoms. The van der Waals surface area contributed by atoms with E-state index in [-0.39, 0.29) is 18.4 Å². The molecule has 270 valence electrons. The molecule has 12 nitrogen and oxygen atoms in total. The summed E-state index contributed by atoms with van der Waals surface area (Å²) in [4.78, 5) is 64.3. The predicted molar refractivity (Wildman–Crippen MR) is 193 cm³/mol. The van der Waals surface area contributed by atoms with Crippen molar-refractivity contribution in [2.75, 3.05) is 50.8 Å². The number of hydrogen-bond acceptors (Lipinski definition) is 10. The Morgan fingerprint density at radius 1 is 1.14 bits per heavy atom. The molecule has 49 heavy (non-hydrogen) atoms. The lowest BCUT2D eigenvalue weighted by Gasteiger charge is -2.42. The Morgan fingerprint density at radius 3 is 2.59 bits per heavy atom. The van der Waals surface area contributed by atoms with Gasteiger partial charge in [0.15, 0.2) is 0 Å². The molecule has 2 aliphatic rings. The van der Waals surface area contributed by atoms with E-state index in [1.165, 1.54) is 16.8 Å². The van der Waals surface area contributed by atoms with Gasteiger partial charge >= 0.3 is 5.97 Å². The van der Waals surface area contributed by atoms with Gasteiger partial charge in [0.05, 0.1) is 12.2 Å². The number of aryl methyl sites for hydroxylation is 2. The minimum absolute atomic E-state index is 0.0953. The smallest absolute Gasteiger partial charge is 0.339 e. The molecule has 2 heterocycles. The third kappa shape index (κ3) is 15.2. The van der Waals surface area contributed by atoms with Gasteiger partial charge in [-0.1, -0.05) is 19.4 Å². The quantitative estimate of drug-likeness (QED) is 0.171. The number of esters is 1. The van der Waals surface area contributed by atoms with Crippen LogP contribution in [-0.4, -0.2) is 105 Å². The molecule has 0 saturated carbocycles. The summed E-state index contributed by atoms with van der Waals surface area (Å²) in [6.07, 6.45) is 12.8. The molecule has 2 N–H and O–H groups in total. The van der Waals surface area contributed by atoms with Crippen molar-refractivity contribution in [1.82, 2.24) is 20.4 Å². The number of nitrogens with zero attached hydrogens (tertiary/aromatic N) is 4. The molecule has 4 amide bonds. The molecular formula is C37H56N6O6. The second-order valence-corrected chi connectivity index (χ2v) is 12.7. The van der Waals surface area contributed by atoms with Gasteiger partial charge in [-0.15, -0.1) is 0 Å². The summed E-state index contributed by atoms with van der Waals surface area (Å²) < 4.78 is 5.37. The van der Waals surface area contributed by atoms with Crippen molar-refractivity contribution in [3.8, 4) is 0 Å². The van der Waals surface area contributed by atoms with E-state index in [4.69, 9.17) is 4.74 Å². The largest absolute Gasteiger partial charge is 0.462 e. The number of nitrogens with one attached hydrogen (secondary N) is 2. The Bertz CT molecular complexity index is 1290. The summed E-state index contributed by atoms with van der Waals surface area (Å²) >= 11 is 0. The van der Waals surface area contributed by atoms with Crippen molar-refractivity contribution in [2.24, 2.45) is 10.9 Å². The zero-order valence-electron chi connectivity index (χ0n) is 29.9. The molecule has 2 aliphatic heterocycles. The lowest BCUT2D eigenvalue weighted by atomic mass is 9.98. The second-order valence-electron chi connectivity index (χ2n) is 12.7. The highest BCUT2D eigenvalue weighted by molar-refractivity contribution is 6.09. The van der Waals surface area contributed by atoms with E-state index in [2.05, 4.69) is 66.0 Å². The maximum absolute atomic E-state index is 12.4. The van der Waals surface area contributed by atoms with E-state index in [1.54, 1.807) is 19.2 Å². The van der Waals surface area contributed by atoms with E-state index < -0.39 is 5.91 Å². The fraction of sp³-hybridized carbons (Fsp3) is 0.568. The molecule has 0 bridgehead atoms. The number of piperazine rings is 1. The summed E-state index contributed by atoms with van der Waals surface area (Å²) in [5.41, 5.74) is 4.56. The Kier molecular flexibility index (Phi) is 19.3. The summed E-state index contributed by atoms with van der Waals surface area (Å²) in [6, 6.07) is 6.99. The van der Waals surface area contributed by atoms with Crippen molar-refractivity contribution in [1.29, 1.82) is 0 Å². The summed E-state index contributed by atoms with van der Waals surface area (Å²) in [5.74, 6) is -0.161. The van der Waals surface area contributed by atoms with Crippen molar-refractivity contribution >= 4 is 43.0 Å². The van der Waals surface area contributed by atoms with Gasteiger partial charge < -0.3 is 15.0 Å². The molecular weight excluding hydrogens is 624 g/mol. The summed E-state index contributed by atoms with van der Waals surface area (Å²) in [6.45, 7) is 16.8. The van der Waals surface area contributed by atoms with Crippen LogP contribution in [0.25, 0.3) is 0 Å². The number of rotatable bonds is 14. The van der Waals surface area contributed by atoms with E-state index in [9.17, 15) is 24.0 Å². The van der Waals surface area contributed by atoms with Gasteiger partial charge in [-0.3, -0.25) is 39.3 Å². The summed E-state index contributed by atoms with van der Waals surface area (Å²) in [7, 11) is 0. The number of anilines is 1. The number of amides is 4. The van der Waals surface area contributed by atoms with Gasteiger partial charge in [-0.05, 0) is 101 Å². The lowest BCUT2D eigenvalue weighted by molar-refractivity contribution is -0.138. The van der Waals surface area contributed by atoms with E-state index in [1.807, 2.05) is 17.6 Å². The van der Waals surface area contributed by atoms with Crippen LogP contribution in [-0.2, 0) is 28.7 Å². The normalized spacial score (nSPS) is 20.7. The van der Waals surface area contributed by atoms with Crippen LogP contribution in [0.2, 0.25) is 0 Å². The zero-order valence-corrected chi connectivity index (χ0v) is 29.9. The van der Waals surface area contributed by atoms with Crippen LogP contribution in [0.4, 0.5) is 5.69 Å². The lowest BCUT2D eigenvalue weighted by Crippen LogP contribution is -2.53. The van der Waals surface area contributed by atoms with Gasteiger partial charge in [-0.25, -0.2) is 4.79 Å². The highest BCUT2D eigenvalue weighted by atomic mass is 16.5. The number of allylic oxidation sites excluding steroid dienone is 2. The van der Waals surface area contributed by atoms with Crippen LogP contribution >= 0.6 is 0 Å². The molecule has 3 atom stereocenters. The Morgan fingerprint density at radius 2 is 1.92 bits per heavy atom. The molecule has 1 aromatic rings. The molecule has 0 aliphatic carbocycles. The van der Waals surface area contributed by atoms with Crippen molar-refractivity contribution in [3.63, 3.8) is 0 Å². The van der Waals surface area contributed by atoms with Crippen LogP contribution in [0.5, 0.6) is 0 Å². The first-order valence-electron chi connectivity index (χ1n) is 17.4. The van der Waals surface area contributed by atoms with Crippen molar-refractivity contribution in [2.45, 2.75) is 85.2 Å². The van der Waals surface area contributed by atoms with Gasteiger partial charge in [0, 0.05) is 69.7 Å². The molecule has 1 aromatic carbocycles. The number of unbranched alkanes of at least 4 members (excludes halogenated alkanes) is 1. The SMILES string of the molecule is CC(CCC(=O)NC=O)N(C=O)C=O.CCCCOC(=O)/C1=C/C=C/NCCC(CN2CCN(c3ccc(C)c(C)c3)CC2C)CCN=C1. The van der Waals surface area contributed by atoms with E-state index >= 15 is 0 Å². The standard InChI is InChI=1S/C29H44N4O2.C8H12N2O4/c1-5-6-18-35-29(34)27-8-7-13-30-14-11-26(12-15-31-20-27)22-32-16-17-33(21-25(32)4)28-10-9-23(2)24(3)19-28;1-7(10(5-12)6-13)2-3-8(14)9-4-11/h7-10,13,19-20,25-26,30H,5-6,11-12,14-18,21-22H2,1-4H3;4-7H,2-3H2,1H3,(H,9,11,14)/b13-7+,27-8+,31-20?;. The number of ether oxygens (including phenoxy) is 1. The Balaban J connectivity index is 0.000000502. The molecule has 0 aromatic heterocycles. The Labute approximate surface area is 292 Å². The Hall–Kier alpha value is -4.32. The molecule has 3 rings (SSSR count). The fourth-order valence-electron chi connectivity index (χ4n) is 5.51. The highest BCUT2D eigenvalue weighted by Gasteiger charge is 2.26. The monoisotopic (exact) mass is 680 g/mol. The van der Waals surface area contributed by atoms with Crippen molar-refractivity contribution < 1.29 is 28.7 Å². The predicted octanol–water partition coefficient (Wildman–Crippen LogP) is 3.71. The highest BCUT2D eigenvalue weighted by Crippen LogP contribution is 2.23. The van der Waals surface area contributed by atoms with Crippen LogP contribution in [0, 0.1) is 19.8 Å². The second kappa shape index (κ2) is 23.1. The average molecular weight is 681 g/mol. The first-order chi connectivity index (χ1) is 23.6. The van der Waals surface area contributed by atoms with Gasteiger partial charge in [0.2, 0.25) is 25.1 Å². The number of hydrogen-bond donors (Lipinski definition) is 2. The third-order valence-corrected chi connectivity index (χ3v) is 8.93. The number of benzene rings is 1. The molecule has 3 unspecified atom stereocenters. The number of aliphatic imine (C=N–C) groups is 1. The molecule has 0 radical (unpaired) electrons. The maximum Gasteiger partial charge on any atom is 0.339 e. The average Bonchev–Trinajstić information content (AvgIpc) is 3.08. The number of imide groups is 2. The van der Waals surface area contributed by atoms with Gasteiger partial charge in [0.1, 0.15) is 0 Å². The number of carbonyl (C=O) groups is 5. The van der Waals surface area contributed by atoms with Crippen LogP contribution in [0.1, 0.15) is 70.4 Å². The van der Waals surface area contributed by atoms with Crippen molar-refractivity contribution in [3.05, 3.63) is 53.3 Å². The first kappa shape index (κ1) is 40.9. The van der Waals surface area contributed by atoms with E-state index in [0.29, 0.717) is 49.8 Å². The summed E-state index contributed by atoms with van der Waals surface area (Å²) in [5, 5.41) is 5.34. The van der Waals surface area contributed by atoms with Crippen LogP contribution < -0.4 is 15.5 Å². The van der Waals surface area contributed by atoms with E-state index in [0.717, 1.165) is 69.9 Å². The fourth-order valence-corrected chi connectivity index (χ4v) is 5.51. The molecule has 1 fully saturated rings. The van der Waals surface area contributed by atoms with Crippen LogP contribution in [0.15, 0.2) is 47.1 Å². The van der Waals surface area contributed by atoms with Gasteiger partial charge in [-0.2, -0.15) is 0 Å². The minimum atomic E-state index is -0.427. The molecule has 0 spiro atoms. The minimum Gasteiger partial charge on any atom is -0.462 e. The zero-order chi connectivity index (χ0) is 36.0. The van der Waals surface area contributed by atoms with Crippen LogP contribution in [0.3, 0.4) is 0 Å². The topological polar surface area (TPSA) is 141 Å².